The van der Waals surface area contributed by atoms with E-state index in [0.29, 0.717) is 12.1 Å². The van der Waals surface area contributed by atoms with E-state index < -0.39 is 4.92 Å². The Labute approximate surface area is 97.7 Å². The number of nitro groups is 1. The summed E-state index contributed by atoms with van der Waals surface area (Å²) < 4.78 is 0. The molecule has 0 saturated carbocycles. The summed E-state index contributed by atoms with van der Waals surface area (Å²) in [6, 6.07) is 4.07. The van der Waals surface area contributed by atoms with Crippen LogP contribution in [0.15, 0.2) is 24.3 Å². The number of nitrogens with zero attached hydrogens (tertiary/aromatic N) is 1. The molecule has 0 radical (unpaired) electrons. The number of amides is 1. The number of rotatable bonds is 4. The van der Waals surface area contributed by atoms with Crippen LogP contribution in [0.2, 0.25) is 0 Å². The van der Waals surface area contributed by atoms with Crippen molar-refractivity contribution in [3.05, 3.63) is 40.0 Å². The molecule has 0 atom stereocenters. The van der Waals surface area contributed by atoms with Gasteiger partial charge >= 0.3 is 5.69 Å². The SMILES string of the molecule is CC(=O)NCC=Cc1ccc(O)c([N+](=O)[O-])c1. The molecule has 1 aromatic rings. The second-order valence-electron chi connectivity index (χ2n) is 3.34. The molecule has 0 aliphatic heterocycles. The summed E-state index contributed by atoms with van der Waals surface area (Å²) >= 11 is 0. The van der Waals surface area contributed by atoms with E-state index in [1.807, 2.05) is 0 Å². The highest BCUT2D eigenvalue weighted by Crippen LogP contribution is 2.26. The van der Waals surface area contributed by atoms with Crippen molar-refractivity contribution in [2.24, 2.45) is 0 Å². The fraction of sp³-hybridized carbons (Fsp3) is 0.182. The van der Waals surface area contributed by atoms with Crippen molar-refractivity contribution in [2.75, 3.05) is 6.54 Å². The Morgan fingerprint density at radius 1 is 1.59 bits per heavy atom. The molecule has 6 nitrogen and oxygen atoms in total. The normalized spacial score (nSPS) is 10.4. The highest BCUT2D eigenvalue weighted by atomic mass is 16.6. The van der Waals surface area contributed by atoms with Crippen molar-refractivity contribution in [3.63, 3.8) is 0 Å². The Hall–Kier alpha value is -2.37. The van der Waals surface area contributed by atoms with Crippen LogP contribution in [-0.4, -0.2) is 22.5 Å². The monoisotopic (exact) mass is 236 g/mol. The van der Waals surface area contributed by atoms with Gasteiger partial charge in [0.2, 0.25) is 5.91 Å². The van der Waals surface area contributed by atoms with E-state index in [1.54, 1.807) is 18.2 Å². The van der Waals surface area contributed by atoms with Crippen LogP contribution in [0.25, 0.3) is 6.08 Å². The zero-order valence-electron chi connectivity index (χ0n) is 9.21. The predicted octanol–water partition coefficient (Wildman–Crippen LogP) is 1.45. The van der Waals surface area contributed by atoms with E-state index in [2.05, 4.69) is 5.32 Å². The Morgan fingerprint density at radius 3 is 2.88 bits per heavy atom. The minimum absolute atomic E-state index is 0.147. The standard InChI is InChI=1S/C11H12N2O4/c1-8(14)12-6-2-3-9-4-5-11(15)10(7-9)13(16)17/h2-5,7,15H,6H2,1H3,(H,12,14). The Bertz CT molecular complexity index is 469. The van der Waals surface area contributed by atoms with Crippen molar-refractivity contribution in [3.8, 4) is 5.75 Å². The molecule has 1 aromatic carbocycles. The maximum absolute atomic E-state index is 10.6. The third kappa shape index (κ3) is 3.94. The number of phenols is 1. The maximum Gasteiger partial charge on any atom is 0.311 e. The first-order valence-electron chi connectivity index (χ1n) is 4.89. The van der Waals surface area contributed by atoms with Gasteiger partial charge in [0.15, 0.2) is 5.75 Å². The molecule has 0 saturated heterocycles. The molecule has 6 heteroatoms. The molecule has 0 unspecified atom stereocenters. The highest BCUT2D eigenvalue weighted by molar-refractivity contribution is 5.73. The molecule has 0 aromatic heterocycles. The van der Waals surface area contributed by atoms with E-state index in [-0.39, 0.29) is 17.3 Å². The minimum atomic E-state index is -0.652. The lowest BCUT2D eigenvalue weighted by Crippen LogP contribution is -2.19. The maximum atomic E-state index is 10.6. The van der Waals surface area contributed by atoms with Gasteiger partial charge in [-0.3, -0.25) is 14.9 Å². The molecule has 0 aliphatic carbocycles. The quantitative estimate of drug-likeness (QED) is 0.611. The van der Waals surface area contributed by atoms with Crippen LogP contribution in [0.3, 0.4) is 0 Å². The van der Waals surface area contributed by atoms with Gasteiger partial charge in [-0.2, -0.15) is 0 Å². The summed E-state index contributed by atoms with van der Waals surface area (Å²) in [5.74, 6) is -0.514. The van der Waals surface area contributed by atoms with Crippen molar-refractivity contribution >= 4 is 17.7 Å². The third-order valence-electron chi connectivity index (χ3n) is 1.98. The van der Waals surface area contributed by atoms with Crippen LogP contribution in [0.1, 0.15) is 12.5 Å². The summed E-state index contributed by atoms with van der Waals surface area (Å²) in [4.78, 5) is 20.5. The van der Waals surface area contributed by atoms with Crippen LogP contribution in [0.5, 0.6) is 5.75 Å². The van der Waals surface area contributed by atoms with Gasteiger partial charge in [-0.05, 0) is 11.6 Å². The largest absolute Gasteiger partial charge is 0.502 e. The van der Waals surface area contributed by atoms with Gasteiger partial charge in [0.25, 0.3) is 0 Å². The van der Waals surface area contributed by atoms with E-state index in [4.69, 9.17) is 0 Å². The second kappa shape index (κ2) is 5.64. The van der Waals surface area contributed by atoms with Crippen molar-refractivity contribution in [1.82, 2.24) is 5.32 Å². The molecule has 1 amide bonds. The first-order valence-corrected chi connectivity index (χ1v) is 4.89. The molecule has 0 spiro atoms. The van der Waals surface area contributed by atoms with E-state index >= 15 is 0 Å². The topological polar surface area (TPSA) is 92.5 Å². The number of aromatic hydroxyl groups is 1. The first-order chi connectivity index (χ1) is 8.00. The van der Waals surface area contributed by atoms with Gasteiger partial charge in [-0.1, -0.05) is 18.2 Å². The summed E-state index contributed by atoms with van der Waals surface area (Å²) in [5, 5.41) is 22.3. The number of carbonyl (C=O) groups is 1. The van der Waals surface area contributed by atoms with Gasteiger partial charge in [-0.15, -0.1) is 0 Å². The smallest absolute Gasteiger partial charge is 0.311 e. The highest BCUT2D eigenvalue weighted by Gasteiger charge is 2.12. The van der Waals surface area contributed by atoms with Gasteiger partial charge in [-0.25, -0.2) is 0 Å². The number of hydrogen-bond acceptors (Lipinski definition) is 4. The summed E-state index contributed by atoms with van der Waals surface area (Å²) in [6.45, 7) is 1.75. The van der Waals surface area contributed by atoms with E-state index in [0.717, 1.165) is 0 Å². The molecule has 2 N–H and O–H groups in total. The average molecular weight is 236 g/mol. The van der Waals surface area contributed by atoms with Crippen molar-refractivity contribution in [1.29, 1.82) is 0 Å². The molecule has 0 bridgehead atoms. The number of carbonyl (C=O) groups excluding carboxylic acids is 1. The summed E-state index contributed by atoms with van der Waals surface area (Å²) in [6.07, 6.45) is 3.29. The van der Waals surface area contributed by atoms with E-state index in [9.17, 15) is 20.0 Å². The fourth-order valence-corrected chi connectivity index (χ4v) is 1.19. The van der Waals surface area contributed by atoms with Crippen molar-refractivity contribution < 1.29 is 14.8 Å². The number of benzene rings is 1. The minimum Gasteiger partial charge on any atom is -0.502 e. The Kier molecular flexibility index (Phi) is 4.21. The first kappa shape index (κ1) is 12.7. The van der Waals surface area contributed by atoms with Crippen LogP contribution in [0.4, 0.5) is 5.69 Å². The van der Waals surface area contributed by atoms with Gasteiger partial charge in [0.1, 0.15) is 0 Å². The number of hydrogen-bond donors (Lipinski definition) is 2. The Balaban J connectivity index is 2.75. The lowest BCUT2D eigenvalue weighted by molar-refractivity contribution is -0.385. The molecule has 1 rings (SSSR count). The molecule has 0 fully saturated rings. The lowest BCUT2D eigenvalue weighted by Gasteiger charge is -1.98. The summed E-state index contributed by atoms with van der Waals surface area (Å²) in [7, 11) is 0. The molecule has 17 heavy (non-hydrogen) atoms. The van der Waals surface area contributed by atoms with E-state index in [1.165, 1.54) is 19.1 Å². The number of nitrogens with one attached hydrogen (secondary N) is 1. The van der Waals surface area contributed by atoms with Crippen LogP contribution in [-0.2, 0) is 4.79 Å². The lowest BCUT2D eigenvalue weighted by atomic mass is 10.2. The van der Waals surface area contributed by atoms with Crippen molar-refractivity contribution in [2.45, 2.75) is 6.92 Å². The zero-order valence-corrected chi connectivity index (χ0v) is 9.21. The van der Waals surface area contributed by atoms with Crippen LogP contribution in [0, 0.1) is 10.1 Å². The van der Waals surface area contributed by atoms with Crippen LogP contribution < -0.4 is 5.32 Å². The number of phenolic OH excluding ortho intramolecular Hbond substituents is 1. The Morgan fingerprint density at radius 2 is 2.29 bits per heavy atom. The summed E-state index contributed by atoms with van der Waals surface area (Å²) in [5.41, 5.74) is 0.242. The second-order valence-corrected chi connectivity index (χ2v) is 3.34. The van der Waals surface area contributed by atoms with Crippen LogP contribution >= 0.6 is 0 Å². The van der Waals surface area contributed by atoms with Gasteiger partial charge < -0.3 is 10.4 Å². The fourth-order valence-electron chi connectivity index (χ4n) is 1.19. The average Bonchev–Trinajstić information content (AvgIpc) is 2.25. The molecule has 0 aliphatic rings. The van der Waals surface area contributed by atoms with Gasteiger partial charge in [0, 0.05) is 19.5 Å². The zero-order chi connectivity index (χ0) is 12.8. The number of nitro benzene ring substituents is 1. The molecule has 90 valence electrons. The predicted molar refractivity (Wildman–Crippen MR) is 62.5 cm³/mol. The molecular weight excluding hydrogens is 224 g/mol. The van der Waals surface area contributed by atoms with Gasteiger partial charge in [0.05, 0.1) is 4.92 Å². The molecule has 0 heterocycles. The molecular formula is C11H12N2O4. The third-order valence-corrected chi connectivity index (χ3v) is 1.98.